The smallest absolute Gasteiger partial charge is 0.335 e. The number of aromatic hydroxyl groups is 1. The number of hydrogen-bond donors (Lipinski definition) is 5. The van der Waals surface area contributed by atoms with Crippen molar-refractivity contribution in [3.63, 3.8) is 0 Å². The Balaban J connectivity index is 1.20. The van der Waals surface area contributed by atoms with Gasteiger partial charge in [0.05, 0.1) is 5.56 Å². The number of carboxylic acids is 1. The van der Waals surface area contributed by atoms with Crippen LogP contribution in [0, 0.1) is 0 Å². The number of hydrogen-bond acceptors (Lipinski definition) is 7. The molecule has 11 heteroatoms. The summed E-state index contributed by atoms with van der Waals surface area (Å²) in [5.74, 6) is 0.195. The monoisotopic (exact) mass is 546 g/mol. The van der Waals surface area contributed by atoms with Gasteiger partial charge in [-0.3, -0.25) is 9.69 Å². The summed E-state index contributed by atoms with van der Waals surface area (Å²) < 4.78 is 10.8. The molecular weight excluding hydrogens is 516 g/mol. The molecule has 3 amide bonds. The lowest BCUT2D eigenvalue weighted by molar-refractivity contribution is -0.123. The topological polar surface area (TPSA) is 149 Å². The van der Waals surface area contributed by atoms with E-state index in [2.05, 4.69) is 20.9 Å². The number of aromatic carboxylic acids is 1. The molecule has 3 aromatic rings. The van der Waals surface area contributed by atoms with E-state index in [0.29, 0.717) is 18.8 Å². The van der Waals surface area contributed by atoms with E-state index in [0.717, 1.165) is 35.6 Å². The summed E-state index contributed by atoms with van der Waals surface area (Å²) in [5.41, 5.74) is 2.34. The highest BCUT2D eigenvalue weighted by Gasteiger charge is 2.28. The molecule has 2 atom stereocenters. The van der Waals surface area contributed by atoms with Crippen LogP contribution in [0.25, 0.3) is 0 Å². The third-order valence-electron chi connectivity index (χ3n) is 6.85. The first kappa shape index (κ1) is 26.8. The van der Waals surface area contributed by atoms with Crippen molar-refractivity contribution in [1.82, 2.24) is 15.5 Å². The Morgan fingerprint density at radius 3 is 2.42 bits per heavy atom. The maximum absolute atomic E-state index is 13.4. The number of carbonyl (C=O) groups excluding carboxylic acids is 2. The Hall–Kier alpha value is -4.77. The maximum Gasteiger partial charge on any atom is 0.335 e. The Morgan fingerprint density at radius 2 is 1.68 bits per heavy atom. The average molecular weight is 547 g/mol. The summed E-state index contributed by atoms with van der Waals surface area (Å²) in [7, 11) is 0. The number of likely N-dealkylation sites (tertiary alicyclic amines) is 1. The first-order chi connectivity index (χ1) is 19.3. The van der Waals surface area contributed by atoms with E-state index >= 15 is 0 Å². The number of ether oxygens (including phenoxy) is 2. The van der Waals surface area contributed by atoms with Gasteiger partial charge in [-0.05, 0) is 66.1 Å². The van der Waals surface area contributed by atoms with Crippen LogP contribution in [0.2, 0.25) is 0 Å². The van der Waals surface area contributed by atoms with Gasteiger partial charge in [-0.1, -0.05) is 18.2 Å². The number of carbonyl (C=O) groups is 3. The van der Waals surface area contributed by atoms with Gasteiger partial charge in [-0.25, -0.2) is 9.59 Å². The summed E-state index contributed by atoms with van der Waals surface area (Å²) in [5, 5.41) is 27.1. The molecule has 11 nitrogen and oxygen atoms in total. The molecule has 0 bridgehead atoms. The molecule has 40 heavy (non-hydrogen) atoms. The van der Waals surface area contributed by atoms with Gasteiger partial charge >= 0.3 is 12.0 Å². The average Bonchev–Trinajstić information content (AvgIpc) is 3.58. The van der Waals surface area contributed by atoms with Gasteiger partial charge in [0.15, 0.2) is 11.5 Å². The van der Waals surface area contributed by atoms with E-state index in [4.69, 9.17) is 14.6 Å². The van der Waals surface area contributed by atoms with Crippen LogP contribution < -0.4 is 25.4 Å². The molecule has 0 saturated carbocycles. The van der Waals surface area contributed by atoms with Gasteiger partial charge in [-0.2, -0.15) is 0 Å². The van der Waals surface area contributed by atoms with Crippen molar-refractivity contribution >= 4 is 23.6 Å². The van der Waals surface area contributed by atoms with Crippen molar-refractivity contribution in [2.45, 2.75) is 31.5 Å². The maximum atomic E-state index is 13.4. The number of fused-ring (bicyclic) bond motifs is 1. The minimum absolute atomic E-state index is 0.0859. The van der Waals surface area contributed by atoms with Gasteiger partial charge in [0.2, 0.25) is 12.7 Å². The van der Waals surface area contributed by atoms with Gasteiger partial charge in [-0.15, -0.1) is 0 Å². The lowest BCUT2D eigenvalue weighted by atomic mass is 10.0. The molecule has 208 valence electrons. The molecule has 5 N–H and O–H groups in total. The zero-order chi connectivity index (χ0) is 28.1. The zero-order valence-electron chi connectivity index (χ0n) is 21.6. The highest BCUT2D eigenvalue weighted by molar-refractivity contribution is 5.94. The number of anilines is 1. The Labute approximate surface area is 230 Å². The molecule has 0 radical (unpaired) electrons. The highest BCUT2D eigenvalue weighted by Crippen LogP contribution is 2.33. The number of urea groups is 1. The Morgan fingerprint density at radius 1 is 0.950 bits per heavy atom. The predicted molar refractivity (Wildman–Crippen MR) is 146 cm³/mol. The molecule has 1 unspecified atom stereocenters. The standard InChI is InChI=1S/C29H30N4O7/c34-23-8-1-18(2-9-23)13-24(32-29(38)31-21-6-4-20(5-7-21)28(36)37)27(35)30-22-11-12-33(16-22)15-19-3-10-25-26(14-19)40-17-39-25/h1-10,14,22,24,34H,11-13,15-17H2,(H,30,35)(H,36,37)(H2,31,32,38)/t22?,24-/m0/s1. The van der Waals surface area contributed by atoms with Crippen LogP contribution in [0.15, 0.2) is 66.7 Å². The quantitative estimate of drug-likeness (QED) is 0.275. The second-order valence-corrected chi connectivity index (χ2v) is 9.82. The molecule has 0 spiro atoms. The van der Waals surface area contributed by atoms with Crippen molar-refractivity contribution in [2.24, 2.45) is 0 Å². The SMILES string of the molecule is O=C(Nc1ccc(C(=O)O)cc1)N[C@@H](Cc1ccc(O)cc1)C(=O)NC1CCN(Cc2ccc3c(c2)OCO3)C1. The van der Waals surface area contributed by atoms with Crippen molar-refractivity contribution in [2.75, 3.05) is 25.2 Å². The second-order valence-electron chi connectivity index (χ2n) is 9.82. The van der Waals surface area contributed by atoms with Crippen molar-refractivity contribution < 1.29 is 34.1 Å². The number of phenols is 1. The van der Waals surface area contributed by atoms with Gasteiger partial charge in [0.25, 0.3) is 0 Å². The minimum atomic E-state index is -1.07. The summed E-state index contributed by atoms with van der Waals surface area (Å²) >= 11 is 0. The number of rotatable bonds is 9. The number of carboxylic acid groups (broad SMARTS) is 1. The number of amides is 3. The van der Waals surface area contributed by atoms with Crippen molar-refractivity contribution in [3.8, 4) is 17.2 Å². The third kappa shape index (κ3) is 6.80. The largest absolute Gasteiger partial charge is 0.508 e. The van der Waals surface area contributed by atoms with Crippen LogP contribution in [0.3, 0.4) is 0 Å². The molecule has 2 heterocycles. The number of nitrogens with one attached hydrogen (secondary N) is 3. The van der Waals surface area contributed by atoms with E-state index < -0.39 is 18.0 Å². The molecule has 1 fully saturated rings. The minimum Gasteiger partial charge on any atom is -0.508 e. The van der Waals surface area contributed by atoms with Gasteiger partial charge in [0.1, 0.15) is 11.8 Å². The molecule has 0 aromatic heterocycles. The van der Waals surface area contributed by atoms with Crippen LogP contribution in [0.4, 0.5) is 10.5 Å². The summed E-state index contributed by atoms with van der Waals surface area (Å²) in [4.78, 5) is 39.5. The molecule has 5 rings (SSSR count). The zero-order valence-corrected chi connectivity index (χ0v) is 21.6. The predicted octanol–water partition coefficient (Wildman–Crippen LogP) is 2.94. The number of nitrogens with zero attached hydrogens (tertiary/aromatic N) is 1. The van der Waals surface area contributed by atoms with Crippen LogP contribution in [-0.2, 0) is 17.8 Å². The van der Waals surface area contributed by atoms with Crippen LogP contribution in [0.1, 0.15) is 27.9 Å². The fourth-order valence-corrected chi connectivity index (χ4v) is 4.79. The van der Waals surface area contributed by atoms with Gasteiger partial charge in [0, 0.05) is 37.8 Å². The lowest BCUT2D eigenvalue weighted by Gasteiger charge is -2.22. The first-order valence-corrected chi connectivity index (χ1v) is 12.9. The summed E-state index contributed by atoms with van der Waals surface area (Å²) in [6.07, 6.45) is 0.982. The second kappa shape index (κ2) is 12.0. The summed E-state index contributed by atoms with van der Waals surface area (Å²) in [6, 6.07) is 16.5. The Bertz CT molecular complexity index is 1380. The Kier molecular flexibility index (Phi) is 8.02. The highest BCUT2D eigenvalue weighted by atomic mass is 16.7. The van der Waals surface area contributed by atoms with Gasteiger partial charge < -0.3 is 35.6 Å². The van der Waals surface area contributed by atoms with Crippen LogP contribution >= 0.6 is 0 Å². The van der Waals surface area contributed by atoms with E-state index in [-0.39, 0.29) is 36.5 Å². The fourth-order valence-electron chi connectivity index (χ4n) is 4.79. The lowest BCUT2D eigenvalue weighted by Crippen LogP contribution is -2.52. The molecule has 2 aliphatic rings. The normalized spacial score (nSPS) is 16.8. The van der Waals surface area contributed by atoms with E-state index in [1.807, 2.05) is 18.2 Å². The first-order valence-electron chi connectivity index (χ1n) is 12.9. The van der Waals surface area contributed by atoms with Crippen molar-refractivity contribution in [1.29, 1.82) is 0 Å². The van der Waals surface area contributed by atoms with E-state index in [1.54, 1.807) is 12.1 Å². The molecule has 1 saturated heterocycles. The molecule has 2 aliphatic heterocycles. The number of benzene rings is 3. The molecular formula is C29H30N4O7. The van der Waals surface area contributed by atoms with E-state index in [9.17, 15) is 19.5 Å². The molecule has 3 aromatic carbocycles. The number of phenolic OH excluding ortho intramolecular Hbond substituents is 1. The fraction of sp³-hybridized carbons (Fsp3) is 0.276. The third-order valence-corrected chi connectivity index (χ3v) is 6.85. The van der Waals surface area contributed by atoms with Crippen LogP contribution in [0.5, 0.6) is 17.2 Å². The van der Waals surface area contributed by atoms with Crippen molar-refractivity contribution in [3.05, 3.63) is 83.4 Å². The summed E-state index contributed by atoms with van der Waals surface area (Å²) in [6.45, 7) is 2.41. The van der Waals surface area contributed by atoms with Crippen LogP contribution in [-0.4, -0.2) is 65.0 Å². The molecule has 0 aliphatic carbocycles. The van der Waals surface area contributed by atoms with E-state index in [1.165, 1.54) is 36.4 Å².